The lowest BCUT2D eigenvalue weighted by molar-refractivity contribution is 0.259. The van der Waals surface area contributed by atoms with Gasteiger partial charge in [-0.1, -0.05) is 24.3 Å². The summed E-state index contributed by atoms with van der Waals surface area (Å²) in [7, 11) is 4.08. The minimum Gasteiger partial charge on any atom is -0.492 e. The average molecular weight is 370 g/mol. The number of aliphatic imine (C=N–C) groups is 1. The number of nitrogens with one attached hydrogen (secondary N) is 2. The Balaban J connectivity index is 1.91. The summed E-state index contributed by atoms with van der Waals surface area (Å²) < 4.78 is 5.92. The van der Waals surface area contributed by atoms with E-state index in [1.165, 1.54) is 0 Å². The largest absolute Gasteiger partial charge is 0.492 e. The summed E-state index contributed by atoms with van der Waals surface area (Å²) in [6.45, 7) is 5.77. The molecule has 0 fully saturated rings. The molecule has 6 nitrogen and oxygen atoms in total. The summed E-state index contributed by atoms with van der Waals surface area (Å²) in [6.07, 6.45) is 2.68. The van der Waals surface area contributed by atoms with Gasteiger partial charge in [0, 0.05) is 43.5 Å². The van der Waals surface area contributed by atoms with Gasteiger partial charge >= 0.3 is 0 Å². The van der Waals surface area contributed by atoms with E-state index in [1.807, 2.05) is 56.7 Å². The molecule has 0 amide bonds. The standard InChI is InChI=1S/C21H31N5O/c1-4-22-21(24-14-12-19-10-7-8-13-23-19)25-17-18-9-5-6-11-20(18)27-16-15-26(2)3/h5-11,13H,4,12,14-17H2,1-3H3,(H2,22,24,25). The molecule has 27 heavy (non-hydrogen) atoms. The maximum absolute atomic E-state index is 5.92. The van der Waals surface area contributed by atoms with Crippen LogP contribution in [0.15, 0.2) is 53.7 Å². The van der Waals surface area contributed by atoms with Gasteiger partial charge in [0.05, 0.1) is 6.54 Å². The van der Waals surface area contributed by atoms with Crippen LogP contribution in [-0.4, -0.2) is 56.2 Å². The van der Waals surface area contributed by atoms with E-state index in [-0.39, 0.29) is 0 Å². The number of benzene rings is 1. The molecule has 1 heterocycles. The number of nitrogens with zero attached hydrogens (tertiary/aromatic N) is 3. The number of para-hydroxylation sites is 1. The fraction of sp³-hybridized carbons (Fsp3) is 0.429. The molecular weight excluding hydrogens is 338 g/mol. The first-order valence-electron chi connectivity index (χ1n) is 9.46. The fourth-order valence-corrected chi connectivity index (χ4v) is 2.47. The summed E-state index contributed by atoms with van der Waals surface area (Å²) >= 11 is 0. The fourth-order valence-electron chi connectivity index (χ4n) is 2.47. The van der Waals surface area contributed by atoms with E-state index in [1.54, 1.807) is 0 Å². The van der Waals surface area contributed by atoms with Gasteiger partial charge in [-0.25, -0.2) is 4.99 Å². The van der Waals surface area contributed by atoms with E-state index < -0.39 is 0 Å². The zero-order valence-electron chi connectivity index (χ0n) is 16.6. The Morgan fingerprint density at radius 3 is 2.67 bits per heavy atom. The van der Waals surface area contributed by atoms with Gasteiger partial charge in [-0.15, -0.1) is 0 Å². The van der Waals surface area contributed by atoms with Crippen LogP contribution in [0.5, 0.6) is 5.75 Å². The topological polar surface area (TPSA) is 61.8 Å². The second-order valence-electron chi connectivity index (χ2n) is 6.45. The van der Waals surface area contributed by atoms with Crippen molar-refractivity contribution in [2.75, 3.05) is 40.3 Å². The van der Waals surface area contributed by atoms with Crippen LogP contribution < -0.4 is 15.4 Å². The van der Waals surface area contributed by atoms with Crippen molar-refractivity contribution in [3.63, 3.8) is 0 Å². The Morgan fingerprint density at radius 1 is 1.11 bits per heavy atom. The highest BCUT2D eigenvalue weighted by atomic mass is 16.5. The van der Waals surface area contributed by atoms with Crippen LogP contribution in [0, 0.1) is 0 Å². The quantitative estimate of drug-likeness (QED) is 0.497. The third-order valence-electron chi connectivity index (χ3n) is 3.92. The molecule has 0 saturated heterocycles. The molecule has 2 rings (SSSR count). The van der Waals surface area contributed by atoms with Crippen LogP contribution in [0.2, 0.25) is 0 Å². The van der Waals surface area contributed by atoms with E-state index >= 15 is 0 Å². The first-order chi connectivity index (χ1) is 13.2. The molecule has 1 aromatic carbocycles. The monoisotopic (exact) mass is 369 g/mol. The van der Waals surface area contributed by atoms with E-state index in [0.29, 0.717) is 13.2 Å². The molecule has 0 unspecified atom stereocenters. The normalized spacial score (nSPS) is 11.5. The summed E-state index contributed by atoms with van der Waals surface area (Å²) in [5.41, 5.74) is 2.15. The Labute approximate surface area is 162 Å². The molecule has 0 aliphatic rings. The first kappa shape index (κ1) is 20.7. The van der Waals surface area contributed by atoms with E-state index in [9.17, 15) is 0 Å². The molecule has 2 N–H and O–H groups in total. The molecule has 0 aliphatic carbocycles. The van der Waals surface area contributed by atoms with Gasteiger partial charge in [0.15, 0.2) is 5.96 Å². The van der Waals surface area contributed by atoms with Gasteiger partial charge in [0.2, 0.25) is 0 Å². The second-order valence-corrected chi connectivity index (χ2v) is 6.45. The SMILES string of the molecule is CCNC(=NCc1ccccc1OCCN(C)C)NCCc1ccccn1. The number of likely N-dealkylation sites (N-methyl/N-ethyl adjacent to an activating group) is 1. The summed E-state index contributed by atoms with van der Waals surface area (Å²) in [6, 6.07) is 14.1. The van der Waals surface area contributed by atoms with Crippen LogP contribution in [0.25, 0.3) is 0 Å². The molecule has 146 valence electrons. The third kappa shape index (κ3) is 8.09. The van der Waals surface area contributed by atoms with Gasteiger partial charge in [0.1, 0.15) is 12.4 Å². The highest BCUT2D eigenvalue weighted by Crippen LogP contribution is 2.18. The highest BCUT2D eigenvalue weighted by molar-refractivity contribution is 5.79. The number of rotatable bonds is 10. The zero-order valence-corrected chi connectivity index (χ0v) is 16.6. The molecule has 6 heteroatoms. The molecule has 0 atom stereocenters. The van der Waals surface area contributed by atoms with Crippen molar-refractivity contribution < 1.29 is 4.74 Å². The Bertz CT molecular complexity index is 688. The lowest BCUT2D eigenvalue weighted by atomic mass is 10.2. The van der Waals surface area contributed by atoms with Gasteiger partial charge < -0.3 is 20.3 Å². The minimum atomic E-state index is 0.567. The van der Waals surface area contributed by atoms with Crippen LogP contribution in [0.1, 0.15) is 18.2 Å². The maximum atomic E-state index is 5.92. The number of pyridine rings is 1. The van der Waals surface area contributed by atoms with Crippen molar-refractivity contribution >= 4 is 5.96 Å². The zero-order chi connectivity index (χ0) is 19.3. The van der Waals surface area contributed by atoms with Crippen molar-refractivity contribution in [1.29, 1.82) is 0 Å². The Hall–Kier alpha value is -2.60. The minimum absolute atomic E-state index is 0.567. The smallest absolute Gasteiger partial charge is 0.191 e. The molecule has 0 spiro atoms. The number of aromatic nitrogens is 1. The molecule has 0 saturated carbocycles. The lowest BCUT2D eigenvalue weighted by Gasteiger charge is -2.14. The Morgan fingerprint density at radius 2 is 1.93 bits per heavy atom. The number of guanidine groups is 1. The van der Waals surface area contributed by atoms with Crippen molar-refractivity contribution in [2.24, 2.45) is 4.99 Å². The van der Waals surface area contributed by atoms with E-state index in [0.717, 1.165) is 49.0 Å². The molecule has 0 bridgehead atoms. The summed E-state index contributed by atoms with van der Waals surface area (Å²) in [5, 5.41) is 6.66. The average Bonchev–Trinajstić information content (AvgIpc) is 2.67. The second kappa shape index (κ2) is 11.9. The van der Waals surface area contributed by atoms with E-state index in [4.69, 9.17) is 9.73 Å². The van der Waals surface area contributed by atoms with Gasteiger partial charge in [0.25, 0.3) is 0 Å². The molecule has 2 aromatic rings. The summed E-state index contributed by atoms with van der Waals surface area (Å²) in [4.78, 5) is 11.2. The number of hydrogen-bond acceptors (Lipinski definition) is 4. The summed E-state index contributed by atoms with van der Waals surface area (Å²) in [5.74, 6) is 1.70. The van der Waals surface area contributed by atoms with Gasteiger partial charge in [-0.3, -0.25) is 4.98 Å². The lowest BCUT2D eigenvalue weighted by Crippen LogP contribution is -2.38. The van der Waals surface area contributed by atoms with Crippen molar-refractivity contribution in [2.45, 2.75) is 19.9 Å². The molecule has 1 aromatic heterocycles. The van der Waals surface area contributed by atoms with Crippen LogP contribution in [0.3, 0.4) is 0 Å². The molecular formula is C21H31N5O. The van der Waals surface area contributed by atoms with Crippen molar-refractivity contribution in [3.8, 4) is 5.75 Å². The molecule has 0 aliphatic heterocycles. The first-order valence-corrected chi connectivity index (χ1v) is 9.46. The van der Waals surface area contributed by atoms with Gasteiger partial charge in [-0.2, -0.15) is 0 Å². The molecule has 0 radical (unpaired) electrons. The van der Waals surface area contributed by atoms with Crippen LogP contribution in [0.4, 0.5) is 0 Å². The van der Waals surface area contributed by atoms with Crippen LogP contribution >= 0.6 is 0 Å². The van der Waals surface area contributed by atoms with Crippen molar-refractivity contribution in [3.05, 3.63) is 59.9 Å². The van der Waals surface area contributed by atoms with Gasteiger partial charge in [-0.05, 0) is 39.2 Å². The maximum Gasteiger partial charge on any atom is 0.191 e. The van der Waals surface area contributed by atoms with Crippen LogP contribution in [-0.2, 0) is 13.0 Å². The van der Waals surface area contributed by atoms with E-state index in [2.05, 4.69) is 33.5 Å². The van der Waals surface area contributed by atoms with Crippen molar-refractivity contribution in [1.82, 2.24) is 20.5 Å². The predicted molar refractivity (Wildman–Crippen MR) is 111 cm³/mol. The predicted octanol–water partition coefficient (Wildman–Crippen LogP) is 2.32. The third-order valence-corrected chi connectivity index (χ3v) is 3.92. The number of ether oxygens (including phenoxy) is 1. The Kier molecular flexibility index (Phi) is 9.13. The number of hydrogen-bond donors (Lipinski definition) is 2. The highest BCUT2D eigenvalue weighted by Gasteiger charge is 2.04.